The van der Waals surface area contributed by atoms with Gasteiger partial charge in [0.15, 0.2) is 5.76 Å². The summed E-state index contributed by atoms with van der Waals surface area (Å²) in [5, 5.41) is 16.5. The lowest BCUT2D eigenvalue weighted by Gasteiger charge is -2.27. The quantitative estimate of drug-likeness (QED) is 0.375. The van der Waals surface area contributed by atoms with Crippen LogP contribution in [-0.2, 0) is 9.53 Å². The number of carboxylic acid groups (broad SMARTS) is 1. The van der Waals surface area contributed by atoms with Gasteiger partial charge in [-0.25, -0.2) is 4.79 Å². The number of aromatic nitrogens is 1. The van der Waals surface area contributed by atoms with E-state index in [1.165, 1.54) is 0 Å². The van der Waals surface area contributed by atoms with Crippen molar-refractivity contribution in [1.82, 2.24) is 5.16 Å². The number of hydrogen-bond donors (Lipinski definition) is 2. The molecule has 1 fully saturated rings. The van der Waals surface area contributed by atoms with Crippen LogP contribution in [0, 0.1) is 12.8 Å². The second kappa shape index (κ2) is 10.8. The molecule has 1 amide bonds. The molecular weight excluding hydrogens is 472 g/mol. The molecule has 3 aromatic rings. The molecule has 2 aromatic carbocycles. The maximum absolute atomic E-state index is 12.6. The average Bonchev–Trinajstić information content (AvgIpc) is 3.19. The Kier molecular flexibility index (Phi) is 7.60. The van der Waals surface area contributed by atoms with Crippen LogP contribution in [0.25, 0.3) is 11.3 Å². The highest BCUT2D eigenvalue weighted by molar-refractivity contribution is 6.31. The first-order chi connectivity index (χ1) is 16.8. The number of aryl methyl sites for hydroxylation is 1. The van der Waals surface area contributed by atoms with Gasteiger partial charge in [0.25, 0.3) is 0 Å². The number of carboxylic acids is 1. The van der Waals surface area contributed by atoms with E-state index in [0.29, 0.717) is 51.9 Å². The van der Waals surface area contributed by atoms with E-state index >= 15 is 0 Å². The Morgan fingerprint density at radius 2 is 1.91 bits per heavy atom. The van der Waals surface area contributed by atoms with Gasteiger partial charge in [0.2, 0.25) is 0 Å². The van der Waals surface area contributed by atoms with Crippen molar-refractivity contribution in [3.05, 3.63) is 64.8 Å². The molecule has 35 heavy (non-hydrogen) atoms. The summed E-state index contributed by atoms with van der Waals surface area (Å²) in [6, 6.07) is 14.4. The van der Waals surface area contributed by atoms with E-state index in [1.807, 2.05) is 12.1 Å². The molecule has 9 heteroatoms. The number of nitrogens with one attached hydrogen (secondary N) is 1. The highest BCUT2D eigenvalue weighted by Crippen LogP contribution is 2.34. The van der Waals surface area contributed by atoms with E-state index < -0.39 is 18.2 Å². The second-order valence-corrected chi connectivity index (χ2v) is 9.04. The van der Waals surface area contributed by atoms with Crippen LogP contribution in [0.1, 0.15) is 50.0 Å². The number of rotatable bonds is 7. The van der Waals surface area contributed by atoms with Crippen molar-refractivity contribution in [3.8, 4) is 17.1 Å². The van der Waals surface area contributed by atoms with E-state index in [4.69, 9.17) is 25.6 Å². The summed E-state index contributed by atoms with van der Waals surface area (Å²) < 4.78 is 17.0. The zero-order valence-electron chi connectivity index (χ0n) is 19.5. The topological polar surface area (TPSA) is 111 Å². The Hall–Kier alpha value is -3.52. The van der Waals surface area contributed by atoms with Crippen molar-refractivity contribution in [3.63, 3.8) is 0 Å². The molecule has 184 valence electrons. The maximum atomic E-state index is 12.6. The fourth-order valence-corrected chi connectivity index (χ4v) is 4.52. The number of aliphatic carboxylic acids is 1. The van der Waals surface area contributed by atoms with E-state index in [1.54, 1.807) is 50.2 Å². The molecule has 4 rings (SSSR count). The molecule has 8 nitrogen and oxygen atoms in total. The summed E-state index contributed by atoms with van der Waals surface area (Å²) in [5.74, 6) is -0.100. The van der Waals surface area contributed by atoms with Crippen molar-refractivity contribution in [2.75, 3.05) is 5.32 Å². The highest BCUT2D eigenvalue weighted by Gasteiger charge is 2.28. The number of hydrogen-bond acceptors (Lipinski definition) is 6. The predicted octanol–water partition coefficient (Wildman–Crippen LogP) is 6.64. The predicted molar refractivity (Wildman–Crippen MR) is 131 cm³/mol. The second-order valence-electron chi connectivity index (χ2n) is 8.63. The minimum Gasteiger partial charge on any atom is -0.490 e. The molecule has 1 heterocycles. The van der Waals surface area contributed by atoms with Crippen molar-refractivity contribution in [1.29, 1.82) is 0 Å². The fraction of sp³-hybridized carbons (Fsp3) is 0.346. The largest absolute Gasteiger partial charge is 0.490 e. The molecule has 0 bridgehead atoms. The van der Waals surface area contributed by atoms with Crippen molar-refractivity contribution in [2.45, 2.75) is 51.7 Å². The Morgan fingerprint density at radius 3 is 2.63 bits per heavy atom. The summed E-state index contributed by atoms with van der Waals surface area (Å²) >= 11 is 6.20. The van der Waals surface area contributed by atoms with Gasteiger partial charge in [-0.05, 0) is 69.9 Å². The first-order valence-electron chi connectivity index (χ1n) is 11.5. The van der Waals surface area contributed by atoms with Gasteiger partial charge < -0.3 is 19.1 Å². The number of halogens is 1. The molecule has 3 atom stereocenters. The SMILES string of the molecule is Cc1noc(-c2ccc(O[C@H]3CCC[C@@H](C(=O)O)C3)cc2)c1NC(=O)O[C@H](C)c1ccccc1Cl. The molecule has 1 aliphatic carbocycles. The van der Waals surface area contributed by atoms with E-state index in [0.717, 1.165) is 12.8 Å². The third kappa shape index (κ3) is 5.95. The van der Waals surface area contributed by atoms with E-state index in [2.05, 4.69) is 10.5 Å². The molecule has 0 aliphatic heterocycles. The Labute approximate surface area is 208 Å². The molecule has 0 unspecified atom stereocenters. The van der Waals surface area contributed by atoms with Gasteiger partial charge in [0.05, 0.1) is 12.0 Å². The van der Waals surface area contributed by atoms with Gasteiger partial charge in [-0.15, -0.1) is 0 Å². The third-order valence-electron chi connectivity index (χ3n) is 6.11. The van der Waals surface area contributed by atoms with Crippen LogP contribution in [-0.4, -0.2) is 28.4 Å². The van der Waals surface area contributed by atoms with Crippen LogP contribution in [0.5, 0.6) is 5.75 Å². The molecule has 1 aromatic heterocycles. The van der Waals surface area contributed by atoms with Crippen LogP contribution in [0.15, 0.2) is 53.1 Å². The lowest BCUT2D eigenvalue weighted by atomic mass is 9.87. The summed E-state index contributed by atoms with van der Waals surface area (Å²) in [7, 11) is 0. The van der Waals surface area contributed by atoms with Crippen molar-refractivity contribution >= 4 is 29.4 Å². The van der Waals surface area contributed by atoms with Crippen molar-refractivity contribution in [2.24, 2.45) is 5.92 Å². The normalized spacial score (nSPS) is 18.5. The molecular formula is C26H27ClN2O6. The Balaban J connectivity index is 1.42. The van der Waals surface area contributed by atoms with Gasteiger partial charge in [0, 0.05) is 16.1 Å². The summed E-state index contributed by atoms with van der Waals surface area (Å²) in [4.78, 5) is 23.9. The van der Waals surface area contributed by atoms with E-state index in [-0.39, 0.29) is 12.0 Å². The maximum Gasteiger partial charge on any atom is 0.412 e. The fourth-order valence-electron chi connectivity index (χ4n) is 4.23. The van der Waals surface area contributed by atoms with Crippen molar-refractivity contribution < 1.29 is 28.7 Å². The molecule has 0 spiro atoms. The van der Waals surface area contributed by atoms with Gasteiger partial charge in [0.1, 0.15) is 23.2 Å². The monoisotopic (exact) mass is 498 g/mol. The number of amides is 1. The minimum atomic E-state index is -0.769. The van der Waals surface area contributed by atoms with Crippen LogP contribution < -0.4 is 10.1 Å². The Morgan fingerprint density at radius 1 is 1.17 bits per heavy atom. The van der Waals surface area contributed by atoms with Crippen LogP contribution in [0.4, 0.5) is 10.5 Å². The van der Waals surface area contributed by atoms with E-state index in [9.17, 15) is 14.7 Å². The number of anilines is 1. The summed E-state index contributed by atoms with van der Waals surface area (Å²) in [5.41, 5.74) is 2.31. The number of ether oxygens (including phenoxy) is 2. The lowest BCUT2D eigenvalue weighted by Crippen LogP contribution is -2.29. The number of benzene rings is 2. The van der Waals surface area contributed by atoms with Gasteiger partial charge in [-0.1, -0.05) is 35.0 Å². The number of nitrogens with zero attached hydrogens (tertiary/aromatic N) is 1. The lowest BCUT2D eigenvalue weighted by molar-refractivity contribution is -0.143. The molecule has 0 radical (unpaired) electrons. The summed E-state index contributed by atoms with van der Waals surface area (Å²) in [6.07, 6.45) is 1.51. The van der Waals surface area contributed by atoms with Crippen LogP contribution >= 0.6 is 11.6 Å². The first kappa shape index (κ1) is 24.6. The Bertz CT molecular complexity index is 1190. The number of carbonyl (C=O) groups excluding carboxylic acids is 1. The molecule has 0 saturated heterocycles. The first-order valence-corrected chi connectivity index (χ1v) is 11.9. The molecule has 1 saturated carbocycles. The number of carbonyl (C=O) groups is 2. The van der Waals surface area contributed by atoms with Crippen LogP contribution in [0.3, 0.4) is 0 Å². The summed E-state index contributed by atoms with van der Waals surface area (Å²) in [6.45, 7) is 3.46. The highest BCUT2D eigenvalue weighted by atomic mass is 35.5. The molecule has 2 N–H and O–H groups in total. The van der Waals surface area contributed by atoms with Gasteiger partial charge >= 0.3 is 12.1 Å². The van der Waals surface area contributed by atoms with Crippen LogP contribution in [0.2, 0.25) is 5.02 Å². The minimum absolute atomic E-state index is 0.129. The molecule has 1 aliphatic rings. The zero-order valence-corrected chi connectivity index (χ0v) is 20.2. The zero-order chi connectivity index (χ0) is 24.9. The van der Waals surface area contributed by atoms with Gasteiger partial charge in [-0.3, -0.25) is 10.1 Å². The van der Waals surface area contributed by atoms with Gasteiger partial charge in [-0.2, -0.15) is 0 Å². The average molecular weight is 499 g/mol. The smallest absolute Gasteiger partial charge is 0.412 e. The standard InChI is InChI=1S/C26H27ClN2O6/c1-15-23(28-26(32)33-16(2)21-8-3-4-9-22(21)27)24(35-29-15)17-10-12-19(13-11-17)34-20-7-5-6-18(14-20)25(30)31/h3-4,8-13,16,18,20H,5-7,14H2,1-2H3,(H,28,32)(H,30,31)/t16-,18-,20+/m1/s1. The third-order valence-corrected chi connectivity index (χ3v) is 6.46.